The molecule has 0 radical (unpaired) electrons. The standard InChI is InChI=1S/C33H30F3N3O4S/c1-32(2)16-33(3,21-7-5-6-17(28(21)43-32)8-11-24(40)41)23-15-38-31(39-23)20-14-18(9-10-22(20)34)42-29-26(36)25(35)27-19(12-13-37-27)30(29)44-4/h5-7,9-10,12-15,37H,8,11,16H2,1-4H3,(H,38,39)(H,40,41). The predicted molar refractivity (Wildman–Crippen MR) is 162 cm³/mol. The average Bonchev–Trinajstić information content (AvgIpc) is 3.66. The number of H-pyrrole nitrogens is 2. The smallest absolute Gasteiger partial charge is 0.303 e. The molecule has 3 heterocycles. The zero-order chi connectivity index (χ0) is 31.4. The SMILES string of the molecule is CSc1c(Oc2ccc(F)c(-c3ncc(C4(C)CC(C)(C)Oc5c(CCC(=O)O)cccc54)[nH]3)c2)c(F)c(F)c2[nH]ccc12. The maximum Gasteiger partial charge on any atom is 0.303 e. The number of hydrogen-bond acceptors (Lipinski definition) is 5. The highest BCUT2D eigenvalue weighted by Crippen LogP contribution is 2.50. The Morgan fingerprint density at radius 3 is 2.68 bits per heavy atom. The van der Waals surface area contributed by atoms with Crippen LogP contribution in [0.25, 0.3) is 22.3 Å². The van der Waals surface area contributed by atoms with E-state index < -0.39 is 34.4 Å². The Labute approximate surface area is 255 Å². The number of aromatic amines is 2. The fourth-order valence-electron chi connectivity index (χ4n) is 6.15. The van der Waals surface area contributed by atoms with Crippen LogP contribution in [0.3, 0.4) is 0 Å². The summed E-state index contributed by atoms with van der Waals surface area (Å²) < 4.78 is 57.4. The van der Waals surface area contributed by atoms with Crippen molar-refractivity contribution in [1.29, 1.82) is 0 Å². The molecule has 44 heavy (non-hydrogen) atoms. The second-order valence-corrected chi connectivity index (χ2v) is 12.5. The molecule has 2 aromatic heterocycles. The first-order chi connectivity index (χ1) is 20.9. The lowest BCUT2D eigenvalue weighted by Crippen LogP contribution is -2.44. The average molecular weight is 622 g/mol. The van der Waals surface area contributed by atoms with Gasteiger partial charge in [-0.3, -0.25) is 4.79 Å². The number of para-hydroxylation sites is 1. The van der Waals surface area contributed by atoms with Crippen molar-refractivity contribution >= 4 is 28.6 Å². The zero-order valence-electron chi connectivity index (χ0n) is 24.5. The second kappa shape index (κ2) is 11.0. The molecule has 3 aromatic carbocycles. The first-order valence-electron chi connectivity index (χ1n) is 14.0. The van der Waals surface area contributed by atoms with E-state index in [2.05, 4.69) is 15.0 Å². The molecule has 1 aliphatic heterocycles. The van der Waals surface area contributed by atoms with Crippen LogP contribution in [-0.2, 0) is 16.6 Å². The molecule has 5 aromatic rings. The Morgan fingerprint density at radius 1 is 1.14 bits per heavy atom. The Balaban J connectivity index is 1.38. The van der Waals surface area contributed by atoms with Crippen LogP contribution >= 0.6 is 11.8 Å². The second-order valence-electron chi connectivity index (χ2n) is 11.7. The number of nitrogens with one attached hydrogen (secondary N) is 2. The van der Waals surface area contributed by atoms with Crippen LogP contribution in [0.15, 0.2) is 59.8 Å². The minimum absolute atomic E-state index is 0.0309. The van der Waals surface area contributed by atoms with Crippen molar-refractivity contribution in [1.82, 2.24) is 15.0 Å². The van der Waals surface area contributed by atoms with Crippen LogP contribution in [0.1, 0.15) is 50.4 Å². The van der Waals surface area contributed by atoms with Gasteiger partial charge in [-0.25, -0.2) is 13.8 Å². The van der Waals surface area contributed by atoms with Crippen molar-refractivity contribution in [2.45, 2.75) is 55.9 Å². The summed E-state index contributed by atoms with van der Waals surface area (Å²) in [6.07, 6.45) is 5.76. The van der Waals surface area contributed by atoms with Crippen molar-refractivity contribution in [2.24, 2.45) is 0 Å². The molecule has 0 saturated carbocycles. The summed E-state index contributed by atoms with van der Waals surface area (Å²) in [4.78, 5) is 22.2. The van der Waals surface area contributed by atoms with Gasteiger partial charge in [0.25, 0.3) is 0 Å². The third kappa shape index (κ3) is 5.08. The molecule has 0 amide bonds. The summed E-state index contributed by atoms with van der Waals surface area (Å²) in [5.41, 5.74) is 1.28. The Kier molecular flexibility index (Phi) is 7.39. The van der Waals surface area contributed by atoms with Crippen LogP contribution < -0.4 is 9.47 Å². The lowest BCUT2D eigenvalue weighted by Gasteiger charge is -2.44. The molecule has 0 fully saturated rings. The maximum atomic E-state index is 15.2. The number of imidazole rings is 1. The van der Waals surface area contributed by atoms with Crippen LogP contribution in [-0.4, -0.2) is 37.9 Å². The van der Waals surface area contributed by atoms with Crippen LogP contribution in [0.4, 0.5) is 13.2 Å². The number of ether oxygens (including phenoxy) is 2. The van der Waals surface area contributed by atoms with Gasteiger partial charge in [0, 0.05) is 47.3 Å². The predicted octanol–water partition coefficient (Wildman–Crippen LogP) is 8.37. The van der Waals surface area contributed by atoms with E-state index in [1.165, 1.54) is 36.2 Å². The molecule has 0 saturated heterocycles. The Morgan fingerprint density at radius 2 is 1.93 bits per heavy atom. The minimum atomic E-state index is -1.15. The molecule has 6 rings (SSSR count). The van der Waals surface area contributed by atoms with E-state index in [1.807, 2.05) is 39.0 Å². The molecule has 228 valence electrons. The lowest BCUT2D eigenvalue weighted by molar-refractivity contribution is -0.136. The highest BCUT2D eigenvalue weighted by atomic mass is 32.2. The monoisotopic (exact) mass is 621 g/mol. The number of fused-ring (bicyclic) bond motifs is 2. The lowest BCUT2D eigenvalue weighted by atomic mass is 9.69. The maximum absolute atomic E-state index is 15.2. The molecule has 0 spiro atoms. The van der Waals surface area contributed by atoms with Crippen LogP contribution in [0.5, 0.6) is 17.2 Å². The molecular formula is C33H30F3N3O4S. The number of benzene rings is 3. The fraction of sp³-hybridized carbons (Fsp3) is 0.273. The third-order valence-electron chi connectivity index (χ3n) is 8.05. The topological polar surface area (TPSA) is 100 Å². The van der Waals surface area contributed by atoms with Gasteiger partial charge in [0.1, 0.15) is 28.7 Å². The van der Waals surface area contributed by atoms with Crippen molar-refractivity contribution in [3.63, 3.8) is 0 Å². The van der Waals surface area contributed by atoms with Crippen molar-refractivity contribution in [3.8, 4) is 28.6 Å². The summed E-state index contributed by atoms with van der Waals surface area (Å²) in [6, 6.07) is 11.3. The molecule has 7 nitrogen and oxygen atoms in total. The van der Waals surface area contributed by atoms with Crippen molar-refractivity contribution < 1.29 is 32.5 Å². The van der Waals surface area contributed by atoms with E-state index in [0.29, 0.717) is 34.6 Å². The highest BCUT2D eigenvalue weighted by Gasteiger charge is 2.45. The van der Waals surface area contributed by atoms with Gasteiger partial charge < -0.3 is 24.5 Å². The van der Waals surface area contributed by atoms with Gasteiger partial charge in [-0.05, 0) is 63.3 Å². The first-order valence-corrected chi connectivity index (χ1v) is 15.2. The van der Waals surface area contributed by atoms with Crippen molar-refractivity contribution in [2.75, 3.05) is 6.26 Å². The number of rotatable bonds is 8. The number of carbonyl (C=O) groups is 1. The van der Waals surface area contributed by atoms with Gasteiger partial charge in [-0.2, -0.15) is 4.39 Å². The molecule has 1 atom stereocenters. The number of thioether (sulfide) groups is 1. The summed E-state index contributed by atoms with van der Waals surface area (Å²) in [5, 5.41) is 9.73. The number of halogens is 3. The normalized spacial score (nSPS) is 17.3. The van der Waals surface area contributed by atoms with Gasteiger partial charge in [0.2, 0.25) is 5.82 Å². The van der Waals surface area contributed by atoms with E-state index in [0.717, 1.165) is 11.1 Å². The fourth-order valence-corrected chi connectivity index (χ4v) is 6.86. The van der Waals surface area contributed by atoms with Crippen LogP contribution in [0, 0.1) is 17.5 Å². The number of carboxylic acids is 1. The Bertz CT molecular complexity index is 1920. The van der Waals surface area contributed by atoms with Gasteiger partial charge in [0.05, 0.1) is 16.0 Å². The van der Waals surface area contributed by atoms with E-state index >= 15 is 8.78 Å². The molecular weight excluding hydrogens is 591 g/mol. The molecule has 1 aliphatic rings. The summed E-state index contributed by atoms with van der Waals surface area (Å²) >= 11 is 1.21. The van der Waals surface area contributed by atoms with Gasteiger partial charge >= 0.3 is 5.97 Å². The summed E-state index contributed by atoms with van der Waals surface area (Å²) in [7, 11) is 0. The third-order valence-corrected chi connectivity index (χ3v) is 8.87. The van der Waals surface area contributed by atoms with Gasteiger partial charge in [-0.15, -0.1) is 11.8 Å². The van der Waals surface area contributed by atoms with E-state index in [-0.39, 0.29) is 34.8 Å². The van der Waals surface area contributed by atoms with E-state index in [9.17, 15) is 14.3 Å². The Hall–Kier alpha value is -4.38. The molecule has 3 N–H and O–H groups in total. The molecule has 0 aliphatic carbocycles. The zero-order valence-corrected chi connectivity index (χ0v) is 25.3. The van der Waals surface area contributed by atoms with Crippen molar-refractivity contribution in [3.05, 3.63) is 89.1 Å². The molecule has 11 heteroatoms. The number of carboxylic acid groups (broad SMARTS) is 1. The minimum Gasteiger partial charge on any atom is -0.487 e. The summed E-state index contributed by atoms with van der Waals surface area (Å²) in [6.45, 7) is 5.98. The highest BCUT2D eigenvalue weighted by molar-refractivity contribution is 7.99. The number of aliphatic carboxylic acids is 1. The van der Waals surface area contributed by atoms with E-state index in [4.69, 9.17) is 9.47 Å². The number of nitrogens with zero attached hydrogens (tertiary/aromatic N) is 1. The molecule has 1 unspecified atom stereocenters. The van der Waals surface area contributed by atoms with Gasteiger partial charge in [0.15, 0.2) is 11.6 Å². The number of aryl methyl sites for hydroxylation is 1. The summed E-state index contributed by atoms with van der Waals surface area (Å²) in [5.74, 6) is -2.99. The quantitative estimate of drug-likeness (QED) is 0.151. The van der Waals surface area contributed by atoms with E-state index in [1.54, 1.807) is 18.5 Å². The largest absolute Gasteiger partial charge is 0.487 e. The van der Waals surface area contributed by atoms with Crippen LogP contribution in [0.2, 0.25) is 0 Å². The van der Waals surface area contributed by atoms with Gasteiger partial charge in [-0.1, -0.05) is 18.2 Å². The first kappa shape index (κ1) is 29.7. The molecule has 0 bridgehead atoms. The number of aromatic nitrogens is 3. The number of hydrogen-bond donors (Lipinski definition) is 3.